The van der Waals surface area contributed by atoms with Crippen LogP contribution >= 0.6 is 0 Å². The summed E-state index contributed by atoms with van der Waals surface area (Å²) in [6.07, 6.45) is 7.77. The Kier molecular flexibility index (Phi) is 4.15. The minimum atomic E-state index is 0.549. The van der Waals surface area contributed by atoms with E-state index in [-0.39, 0.29) is 0 Å². The molecule has 0 fully saturated rings. The molecule has 0 atom stereocenters. The van der Waals surface area contributed by atoms with Crippen molar-refractivity contribution in [2.75, 3.05) is 6.54 Å². The van der Waals surface area contributed by atoms with Crippen molar-refractivity contribution in [2.24, 2.45) is 7.05 Å². The van der Waals surface area contributed by atoms with Crippen LogP contribution in [0.15, 0.2) is 18.6 Å². The van der Waals surface area contributed by atoms with E-state index in [1.807, 2.05) is 25.6 Å². The average Bonchev–Trinajstić information content (AvgIpc) is 2.93. The van der Waals surface area contributed by atoms with E-state index in [1.54, 1.807) is 4.68 Å². The molecule has 2 aromatic heterocycles. The molecule has 0 radical (unpaired) electrons. The predicted octanol–water partition coefficient (Wildman–Crippen LogP) is 1.74. The minimum Gasteiger partial charge on any atom is -0.342 e. The Balaban J connectivity index is 1.86. The van der Waals surface area contributed by atoms with Crippen LogP contribution in [0.1, 0.15) is 26.1 Å². The monoisotopic (exact) mass is 247 g/mol. The molecule has 2 aromatic rings. The van der Waals surface area contributed by atoms with Gasteiger partial charge in [-0.25, -0.2) is 4.98 Å². The summed E-state index contributed by atoms with van der Waals surface area (Å²) in [6.45, 7) is 5.35. The first-order valence-electron chi connectivity index (χ1n) is 6.41. The van der Waals surface area contributed by atoms with Gasteiger partial charge in [-0.2, -0.15) is 5.10 Å². The number of hydrogen-bond donors (Lipinski definition) is 2. The van der Waals surface area contributed by atoms with Crippen LogP contribution in [0.25, 0.3) is 11.3 Å². The van der Waals surface area contributed by atoms with E-state index >= 15 is 0 Å². The van der Waals surface area contributed by atoms with Crippen LogP contribution in [-0.2, 0) is 13.5 Å². The summed E-state index contributed by atoms with van der Waals surface area (Å²) in [5, 5.41) is 7.56. The maximum absolute atomic E-state index is 4.40. The lowest BCUT2D eigenvalue weighted by atomic mass is 10.2. The van der Waals surface area contributed by atoms with E-state index in [9.17, 15) is 0 Å². The highest BCUT2D eigenvalue weighted by molar-refractivity contribution is 5.55. The number of nitrogens with zero attached hydrogens (tertiary/aromatic N) is 3. The van der Waals surface area contributed by atoms with Crippen molar-refractivity contribution in [3.63, 3.8) is 0 Å². The molecule has 0 amide bonds. The van der Waals surface area contributed by atoms with Gasteiger partial charge < -0.3 is 10.3 Å². The standard InChI is InChI=1S/C13H21N5/c1-10(2)14-6-4-5-13-15-8-12(17-13)11-7-16-18(3)9-11/h7-10,14H,4-6H2,1-3H3,(H,15,17). The Bertz CT molecular complexity index is 483. The molecule has 0 aliphatic rings. The maximum atomic E-state index is 4.40. The fourth-order valence-electron chi connectivity index (χ4n) is 1.84. The first kappa shape index (κ1) is 12.8. The van der Waals surface area contributed by atoms with E-state index in [2.05, 4.69) is 34.2 Å². The van der Waals surface area contributed by atoms with Crippen LogP contribution < -0.4 is 5.32 Å². The van der Waals surface area contributed by atoms with Crippen LogP contribution in [0.4, 0.5) is 0 Å². The van der Waals surface area contributed by atoms with Gasteiger partial charge in [-0.05, 0) is 13.0 Å². The highest BCUT2D eigenvalue weighted by Gasteiger charge is 2.05. The van der Waals surface area contributed by atoms with Gasteiger partial charge >= 0.3 is 0 Å². The van der Waals surface area contributed by atoms with Gasteiger partial charge in [-0.3, -0.25) is 4.68 Å². The molecule has 0 aromatic carbocycles. The van der Waals surface area contributed by atoms with E-state index in [1.165, 1.54) is 0 Å². The number of aryl methyl sites for hydroxylation is 2. The molecule has 2 heterocycles. The first-order valence-corrected chi connectivity index (χ1v) is 6.41. The van der Waals surface area contributed by atoms with Crippen molar-refractivity contribution in [1.29, 1.82) is 0 Å². The van der Waals surface area contributed by atoms with Crippen LogP contribution in [-0.4, -0.2) is 32.3 Å². The fourth-order valence-corrected chi connectivity index (χ4v) is 1.84. The lowest BCUT2D eigenvalue weighted by Crippen LogP contribution is -2.24. The summed E-state index contributed by atoms with van der Waals surface area (Å²) in [4.78, 5) is 7.74. The molecule has 5 nitrogen and oxygen atoms in total. The Hall–Kier alpha value is -1.62. The van der Waals surface area contributed by atoms with Crippen molar-refractivity contribution < 1.29 is 0 Å². The SMILES string of the molecule is CC(C)NCCCc1ncc(-c2cnn(C)c2)[nH]1. The summed E-state index contributed by atoms with van der Waals surface area (Å²) in [5.74, 6) is 1.04. The summed E-state index contributed by atoms with van der Waals surface area (Å²) in [5.41, 5.74) is 2.12. The third kappa shape index (κ3) is 3.43. The van der Waals surface area contributed by atoms with Gasteiger partial charge in [0, 0.05) is 31.3 Å². The van der Waals surface area contributed by atoms with Crippen molar-refractivity contribution >= 4 is 0 Å². The highest BCUT2D eigenvalue weighted by atomic mass is 15.2. The zero-order valence-electron chi connectivity index (χ0n) is 11.3. The van der Waals surface area contributed by atoms with Crippen molar-refractivity contribution in [2.45, 2.75) is 32.7 Å². The largest absolute Gasteiger partial charge is 0.342 e. The fraction of sp³-hybridized carbons (Fsp3) is 0.538. The van der Waals surface area contributed by atoms with Gasteiger partial charge in [0.1, 0.15) is 5.82 Å². The van der Waals surface area contributed by atoms with E-state index in [0.717, 1.165) is 36.5 Å². The molecule has 0 bridgehead atoms. The Morgan fingerprint density at radius 1 is 1.39 bits per heavy atom. The second-order valence-electron chi connectivity index (χ2n) is 4.86. The highest BCUT2D eigenvalue weighted by Crippen LogP contribution is 2.15. The van der Waals surface area contributed by atoms with Gasteiger partial charge in [0.05, 0.1) is 18.1 Å². The van der Waals surface area contributed by atoms with Crippen LogP contribution in [0, 0.1) is 0 Å². The molecule has 0 unspecified atom stereocenters. The summed E-state index contributed by atoms with van der Waals surface area (Å²) in [6, 6.07) is 0.549. The van der Waals surface area contributed by atoms with Crippen molar-refractivity contribution in [1.82, 2.24) is 25.1 Å². The molecule has 2 rings (SSSR count). The van der Waals surface area contributed by atoms with Gasteiger partial charge in [-0.1, -0.05) is 13.8 Å². The lowest BCUT2D eigenvalue weighted by Gasteiger charge is -2.06. The molecular formula is C13H21N5. The van der Waals surface area contributed by atoms with E-state index in [4.69, 9.17) is 0 Å². The number of imidazole rings is 1. The average molecular weight is 247 g/mol. The number of H-pyrrole nitrogens is 1. The van der Waals surface area contributed by atoms with E-state index in [0.29, 0.717) is 6.04 Å². The summed E-state index contributed by atoms with van der Waals surface area (Å²) in [7, 11) is 1.92. The predicted molar refractivity (Wildman–Crippen MR) is 72.2 cm³/mol. The third-order valence-electron chi connectivity index (χ3n) is 2.79. The zero-order chi connectivity index (χ0) is 13.0. The van der Waals surface area contributed by atoms with Crippen molar-refractivity contribution in [3.8, 4) is 11.3 Å². The maximum Gasteiger partial charge on any atom is 0.106 e. The third-order valence-corrected chi connectivity index (χ3v) is 2.79. The minimum absolute atomic E-state index is 0.549. The van der Waals surface area contributed by atoms with Gasteiger partial charge in [-0.15, -0.1) is 0 Å². The number of hydrogen-bond acceptors (Lipinski definition) is 3. The first-order chi connectivity index (χ1) is 8.65. The summed E-state index contributed by atoms with van der Waals surface area (Å²) >= 11 is 0. The van der Waals surface area contributed by atoms with Crippen LogP contribution in [0.2, 0.25) is 0 Å². The number of nitrogens with one attached hydrogen (secondary N) is 2. The molecule has 0 aliphatic carbocycles. The summed E-state index contributed by atoms with van der Waals surface area (Å²) < 4.78 is 1.79. The lowest BCUT2D eigenvalue weighted by molar-refractivity contribution is 0.567. The quantitative estimate of drug-likeness (QED) is 0.764. The van der Waals surface area contributed by atoms with Gasteiger partial charge in [0.25, 0.3) is 0 Å². The Morgan fingerprint density at radius 2 is 2.22 bits per heavy atom. The molecule has 98 valence electrons. The van der Waals surface area contributed by atoms with E-state index < -0.39 is 0 Å². The molecule has 2 N–H and O–H groups in total. The Labute approximate surface area is 108 Å². The Morgan fingerprint density at radius 3 is 2.89 bits per heavy atom. The molecular weight excluding hydrogens is 226 g/mol. The second kappa shape index (κ2) is 5.82. The van der Waals surface area contributed by atoms with Gasteiger partial charge in [0.15, 0.2) is 0 Å². The smallest absolute Gasteiger partial charge is 0.106 e. The zero-order valence-corrected chi connectivity index (χ0v) is 11.3. The number of rotatable bonds is 6. The van der Waals surface area contributed by atoms with Gasteiger partial charge in [0.2, 0.25) is 0 Å². The normalized spacial score (nSPS) is 11.3. The van der Waals surface area contributed by atoms with Crippen LogP contribution in [0.3, 0.4) is 0 Å². The molecule has 0 saturated heterocycles. The topological polar surface area (TPSA) is 58.5 Å². The molecule has 0 spiro atoms. The number of aromatic nitrogens is 4. The number of aromatic amines is 1. The second-order valence-corrected chi connectivity index (χ2v) is 4.86. The molecule has 18 heavy (non-hydrogen) atoms. The van der Waals surface area contributed by atoms with Crippen molar-refractivity contribution in [3.05, 3.63) is 24.4 Å². The van der Waals surface area contributed by atoms with Crippen LogP contribution in [0.5, 0.6) is 0 Å². The molecule has 5 heteroatoms. The molecule has 0 aliphatic heterocycles. The molecule has 0 saturated carbocycles.